The lowest BCUT2D eigenvalue weighted by Crippen LogP contribution is -2.60. The van der Waals surface area contributed by atoms with Crippen molar-refractivity contribution in [2.24, 2.45) is 0 Å². The zero-order chi connectivity index (χ0) is 37.7. The van der Waals surface area contributed by atoms with Crippen LogP contribution >= 0.6 is 11.6 Å². The zero-order valence-corrected chi connectivity index (χ0v) is 33.4. The molecule has 0 saturated carbocycles. The molecule has 264 valence electrons. The molecule has 0 fully saturated rings. The largest absolute Gasteiger partial charge is 0.468 e. The third kappa shape index (κ3) is 4.81. The second-order valence-electron chi connectivity index (χ2n) is 18.5. The van der Waals surface area contributed by atoms with Crippen LogP contribution < -0.4 is 21.5 Å². The molecule has 0 radical (unpaired) electrons. The number of furan rings is 1. The summed E-state index contributed by atoms with van der Waals surface area (Å²) >= 11 is 7.26. The molecule has 0 N–H and O–H groups in total. The Bertz CT molecular complexity index is 2770. The molecule has 4 nitrogen and oxygen atoms in total. The van der Waals surface area contributed by atoms with Crippen molar-refractivity contribution in [2.75, 3.05) is 4.90 Å². The molecular weight excluding hydrogens is 669 g/mol. The van der Waals surface area contributed by atoms with Crippen molar-refractivity contribution in [2.45, 2.75) is 92.4 Å². The quantitative estimate of drug-likeness (QED) is 0.159. The van der Waals surface area contributed by atoms with Crippen LogP contribution in [0, 0.1) is 25.2 Å². The maximum Gasteiger partial charge on any atom is 0.297 e. The molecule has 6 heteroatoms. The lowest BCUT2D eigenvalue weighted by molar-refractivity contribution is 0.589. The molecule has 2 aromatic heterocycles. The van der Waals surface area contributed by atoms with Gasteiger partial charge in [-0.15, -0.1) is 0 Å². The van der Waals surface area contributed by atoms with Gasteiger partial charge in [0.2, 0.25) is 0 Å². The summed E-state index contributed by atoms with van der Waals surface area (Å²) in [7, 11) is 0. The van der Waals surface area contributed by atoms with Gasteiger partial charge in [0, 0.05) is 38.1 Å². The average molecular weight is 714 g/mol. The van der Waals surface area contributed by atoms with E-state index in [4.69, 9.17) is 16.0 Å². The van der Waals surface area contributed by atoms with Gasteiger partial charge >= 0.3 is 0 Å². The van der Waals surface area contributed by atoms with Gasteiger partial charge in [-0.05, 0) is 117 Å². The van der Waals surface area contributed by atoms with Gasteiger partial charge in [-0.2, -0.15) is 5.26 Å². The van der Waals surface area contributed by atoms with Crippen LogP contribution in [0.25, 0.3) is 38.5 Å². The lowest BCUT2D eigenvalue weighted by atomic mass is 9.35. The first-order valence-corrected chi connectivity index (χ1v) is 19.1. The van der Waals surface area contributed by atoms with E-state index in [1.165, 1.54) is 60.5 Å². The van der Waals surface area contributed by atoms with Crippen LogP contribution in [0.15, 0.2) is 77.2 Å². The minimum atomic E-state index is -0.195. The summed E-state index contributed by atoms with van der Waals surface area (Å²) < 4.78 is 9.56. The van der Waals surface area contributed by atoms with E-state index in [9.17, 15) is 5.26 Å². The number of hydrogen-bond acceptors (Lipinski definition) is 3. The number of nitriles is 1. The molecule has 2 aliphatic rings. The SMILES string of the molecule is Cc1cc(C(C)(C)C)cc(C)c1N1c2cc(Cl)cc3c2B(c2oc4ccc(C#N)cc4c21)c1cc(C(C)(C)C)cc2c4cc(C(C)(C)C)ccc4n-3c12. The zero-order valence-electron chi connectivity index (χ0n) is 32.6. The minimum absolute atomic E-state index is 0.00266. The van der Waals surface area contributed by atoms with E-state index in [1.54, 1.807) is 0 Å². The highest BCUT2D eigenvalue weighted by atomic mass is 35.5. The van der Waals surface area contributed by atoms with Gasteiger partial charge < -0.3 is 13.9 Å². The Morgan fingerprint density at radius 3 is 1.92 bits per heavy atom. The van der Waals surface area contributed by atoms with Gasteiger partial charge in [0.05, 0.1) is 34.2 Å². The molecule has 0 spiro atoms. The first kappa shape index (κ1) is 33.9. The smallest absolute Gasteiger partial charge is 0.297 e. The molecular formula is C47H45BClN3O. The first-order chi connectivity index (χ1) is 24.9. The second kappa shape index (κ2) is 10.8. The number of fused-ring (bicyclic) bond motifs is 9. The van der Waals surface area contributed by atoms with Crippen LogP contribution in [0.1, 0.15) is 95.7 Å². The third-order valence-electron chi connectivity index (χ3n) is 11.7. The molecule has 53 heavy (non-hydrogen) atoms. The molecule has 0 amide bonds. The van der Waals surface area contributed by atoms with Crippen LogP contribution in [0.3, 0.4) is 0 Å². The van der Waals surface area contributed by atoms with Crippen molar-refractivity contribution >= 4 is 84.7 Å². The van der Waals surface area contributed by atoms with E-state index in [0.29, 0.717) is 10.6 Å². The molecule has 5 aromatic carbocycles. The van der Waals surface area contributed by atoms with Gasteiger partial charge in [0.25, 0.3) is 6.71 Å². The predicted octanol–water partition coefficient (Wildman–Crippen LogP) is 11.2. The summed E-state index contributed by atoms with van der Waals surface area (Å²) in [5, 5.41) is 14.2. The number of halogens is 1. The number of aromatic nitrogens is 1. The summed E-state index contributed by atoms with van der Waals surface area (Å²) in [6.45, 7) is 24.8. The summed E-state index contributed by atoms with van der Waals surface area (Å²) in [4.78, 5) is 2.39. The van der Waals surface area contributed by atoms with Crippen LogP contribution in [-0.4, -0.2) is 11.3 Å². The van der Waals surface area contributed by atoms with Crippen molar-refractivity contribution in [3.63, 3.8) is 0 Å². The summed E-state index contributed by atoms with van der Waals surface area (Å²) in [5.74, 6) is 0. The number of nitrogens with zero attached hydrogens (tertiary/aromatic N) is 3. The predicted molar refractivity (Wildman–Crippen MR) is 225 cm³/mol. The molecule has 0 bridgehead atoms. The number of benzene rings is 5. The van der Waals surface area contributed by atoms with Crippen molar-refractivity contribution in [1.82, 2.24) is 4.57 Å². The molecule has 0 atom stereocenters. The summed E-state index contributed by atoms with van der Waals surface area (Å²) in [5.41, 5.74) is 17.4. The van der Waals surface area contributed by atoms with Gasteiger partial charge in [-0.1, -0.05) is 98.2 Å². The van der Waals surface area contributed by atoms with E-state index >= 15 is 0 Å². The van der Waals surface area contributed by atoms with E-state index in [1.807, 2.05) is 18.2 Å². The van der Waals surface area contributed by atoms with Crippen LogP contribution in [0.4, 0.5) is 17.1 Å². The van der Waals surface area contributed by atoms with Crippen LogP contribution in [-0.2, 0) is 16.2 Å². The fourth-order valence-corrected chi connectivity index (χ4v) is 9.13. The number of aryl methyl sites for hydroxylation is 2. The maximum atomic E-state index is 10.1. The van der Waals surface area contributed by atoms with Gasteiger partial charge in [0.15, 0.2) is 0 Å². The van der Waals surface area contributed by atoms with Crippen LogP contribution in [0.5, 0.6) is 0 Å². The highest BCUT2D eigenvalue weighted by Gasteiger charge is 2.47. The standard InChI is InChI=1S/C47H45BClN3O/c1-25-16-29(46(6,7)8)17-26(2)41(25)52-38-23-31(49)22-37-40(38)48(44-43(52)34-18-27(24-50)12-15-39(34)53-44)35-21-30(47(9,10)11)20-33-32-19-28(45(3,4)5)13-14-36(32)51(37)42(33)35/h12-23H,1-11H3. The molecule has 9 rings (SSSR count). The van der Waals surface area contributed by atoms with Crippen molar-refractivity contribution < 1.29 is 4.42 Å². The van der Waals surface area contributed by atoms with Crippen molar-refractivity contribution in [1.29, 1.82) is 5.26 Å². The first-order valence-electron chi connectivity index (χ1n) is 18.7. The highest BCUT2D eigenvalue weighted by molar-refractivity contribution is 7.00. The molecule has 0 saturated heterocycles. The Kier molecular flexibility index (Phi) is 6.93. The molecule has 2 aliphatic heterocycles. The van der Waals surface area contributed by atoms with E-state index < -0.39 is 0 Å². The van der Waals surface area contributed by atoms with Crippen LogP contribution in [0.2, 0.25) is 5.02 Å². The number of hydrogen-bond donors (Lipinski definition) is 0. The molecule has 4 heterocycles. The van der Waals surface area contributed by atoms with Crippen molar-refractivity contribution in [3.8, 4) is 11.8 Å². The Hall–Kier alpha value is -4.92. The van der Waals surface area contributed by atoms with E-state index in [-0.39, 0.29) is 23.0 Å². The third-order valence-corrected chi connectivity index (χ3v) is 11.9. The van der Waals surface area contributed by atoms with Gasteiger partial charge in [-0.25, -0.2) is 0 Å². The van der Waals surface area contributed by atoms with Gasteiger partial charge in [-0.3, -0.25) is 0 Å². The minimum Gasteiger partial charge on any atom is -0.468 e. The summed E-state index contributed by atoms with van der Waals surface area (Å²) in [6.07, 6.45) is 0. The second-order valence-corrected chi connectivity index (χ2v) is 18.9. The molecule has 0 unspecified atom stereocenters. The highest BCUT2D eigenvalue weighted by Crippen LogP contribution is 2.48. The fourth-order valence-electron chi connectivity index (χ4n) is 8.93. The lowest BCUT2D eigenvalue weighted by Gasteiger charge is -2.40. The Morgan fingerprint density at radius 1 is 0.660 bits per heavy atom. The number of rotatable bonds is 1. The molecule has 7 aromatic rings. The Balaban J connectivity index is 1.48. The topological polar surface area (TPSA) is 45.1 Å². The summed E-state index contributed by atoms with van der Waals surface area (Å²) in [6, 6.07) is 29.0. The fraction of sp³-hybridized carbons (Fsp3) is 0.298. The number of anilines is 3. The normalized spacial score (nSPS) is 13.9. The average Bonchev–Trinajstić information content (AvgIpc) is 3.61. The molecule has 0 aliphatic carbocycles. The van der Waals surface area contributed by atoms with Gasteiger partial charge in [0.1, 0.15) is 5.58 Å². The monoisotopic (exact) mass is 713 g/mol. The van der Waals surface area contributed by atoms with E-state index in [0.717, 1.165) is 39.4 Å². The Morgan fingerprint density at radius 2 is 1.28 bits per heavy atom. The van der Waals surface area contributed by atoms with Crippen molar-refractivity contribution in [3.05, 3.63) is 111 Å². The van der Waals surface area contributed by atoms with E-state index in [2.05, 4.69) is 146 Å². The maximum absolute atomic E-state index is 10.1. The Labute approximate surface area is 318 Å².